The summed E-state index contributed by atoms with van der Waals surface area (Å²) in [5, 5.41) is 0. The Morgan fingerprint density at radius 1 is 0.619 bits per heavy atom. The molecule has 10 aliphatic rings. The SMILES string of the molecule is C[C]12[CH]3[C]4(P(=O)=O)[CH]5[C]1(C)[Fe]35421678[CH]2[C]1(P(=O)=O)[CH]6[C]7(C)[C]28C. The van der Waals surface area contributed by atoms with Crippen LogP contribution in [0, 0.1) is 0 Å². The zero-order chi connectivity index (χ0) is 14.8. The molecule has 10 aliphatic heterocycles. The Kier molecular flexibility index (Phi) is 0.351. The number of hydrogen-bond acceptors (Lipinski definition) is 4. The van der Waals surface area contributed by atoms with Gasteiger partial charge in [0.15, 0.2) is 0 Å². The standard InChI is InChI=1S/2C7H8O2P.Fe/c2*1-5-3-7(10(8)9)4-6(5)2;/h2*3-4H,1-2H3;. The van der Waals surface area contributed by atoms with E-state index in [1.54, 1.807) is 0 Å². The van der Waals surface area contributed by atoms with E-state index >= 15 is 0 Å². The molecule has 8 atom stereocenters. The van der Waals surface area contributed by atoms with Gasteiger partial charge in [0.1, 0.15) is 0 Å². The molecule has 21 heavy (non-hydrogen) atoms. The van der Waals surface area contributed by atoms with Crippen LogP contribution in [0.3, 0.4) is 0 Å². The normalized spacial score (nSPS) is 116. The van der Waals surface area contributed by atoms with Gasteiger partial charge in [0.05, 0.1) is 0 Å². The van der Waals surface area contributed by atoms with Crippen LogP contribution >= 0.6 is 15.4 Å². The van der Waals surface area contributed by atoms with Crippen molar-refractivity contribution in [2.45, 2.75) is 72.3 Å². The van der Waals surface area contributed by atoms with Crippen molar-refractivity contribution in [3.05, 3.63) is 0 Å². The van der Waals surface area contributed by atoms with Gasteiger partial charge in [0.2, 0.25) is 0 Å². The van der Waals surface area contributed by atoms with Crippen LogP contribution in [-0.2, 0) is 24.8 Å². The van der Waals surface area contributed by atoms with Gasteiger partial charge >= 0.3 is 112 Å². The van der Waals surface area contributed by atoms with Crippen molar-refractivity contribution >= 4 is 15.4 Å². The molecule has 0 saturated carbocycles. The first-order chi connectivity index (χ1) is 9.38. The first-order valence-electron chi connectivity index (χ1n) is 7.86. The summed E-state index contributed by atoms with van der Waals surface area (Å²) in [6, 6.07) is 0. The van der Waals surface area contributed by atoms with E-state index in [4.69, 9.17) is 0 Å². The van der Waals surface area contributed by atoms with Crippen molar-refractivity contribution in [1.82, 2.24) is 0 Å². The molecular formula is C14H16FeO4P2. The fraction of sp³-hybridized carbons (Fsp3) is 1.00. The van der Waals surface area contributed by atoms with Gasteiger partial charge in [0.25, 0.3) is 0 Å². The number of rotatable bonds is 2. The molecule has 0 aliphatic carbocycles. The van der Waals surface area contributed by atoms with Crippen LogP contribution < -0.4 is 0 Å². The van der Waals surface area contributed by atoms with Crippen LogP contribution in [0.25, 0.3) is 0 Å². The van der Waals surface area contributed by atoms with E-state index in [2.05, 4.69) is 27.7 Å². The summed E-state index contributed by atoms with van der Waals surface area (Å²) in [5.74, 6) is 0. The Morgan fingerprint density at radius 3 is 0.952 bits per heavy atom. The van der Waals surface area contributed by atoms with E-state index in [1.165, 1.54) is 0 Å². The zero-order valence-corrected chi connectivity index (χ0v) is 15.1. The molecule has 0 aromatic rings. The van der Waals surface area contributed by atoms with Gasteiger partial charge in [0, 0.05) is 0 Å². The molecule has 114 valence electrons. The third-order valence-electron chi connectivity index (χ3n) is 18.8. The number of hydrogen-bond donors (Lipinski definition) is 0. The van der Waals surface area contributed by atoms with Crippen molar-refractivity contribution in [2.24, 2.45) is 0 Å². The molecule has 10 saturated heterocycles. The summed E-state index contributed by atoms with van der Waals surface area (Å²) in [6.07, 6.45) is 0. The van der Waals surface area contributed by atoms with Gasteiger partial charge in [-0.1, -0.05) is 0 Å². The first kappa shape index (κ1) is 9.58. The Hall–Kier alpha value is 0.319. The van der Waals surface area contributed by atoms with Crippen LogP contribution in [0.2, 0.25) is 36.5 Å². The van der Waals surface area contributed by atoms with E-state index in [0.717, 1.165) is 0 Å². The monoisotopic (exact) mass is 366 g/mol. The van der Waals surface area contributed by atoms with E-state index < -0.39 is 30.0 Å². The minimum absolute atomic E-state index is 0.176. The molecule has 10 rings (SSSR count). The first-order valence-corrected chi connectivity index (χ1v) is 16.1. The maximum atomic E-state index is 12.6. The summed E-state index contributed by atoms with van der Waals surface area (Å²) in [4.78, 5) is 1.42. The average Bonchev–Trinajstić information content (AvgIpc) is 3.31. The molecule has 0 bridgehead atoms. The Bertz CT molecular complexity index is 1280. The molecule has 4 nitrogen and oxygen atoms in total. The number of fused-ring (bicyclic) bond motifs is 10. The van der Waals surface area contributed by atoms with Crippen molar-refractivity contribution in [3.8, 4) is 0 Å². The summed E-state index contributed by atoms with van der Waals surface area (Å²) < 4.78 is 50.1. The second kappa shape index (κ2) is 0.769. The second-order valence-electron chi connectivity index (χ2n) is 12.0. The summed E-state index contributed by atoms with van der Waals surface area (Å²) in [7, 11) is -4.94. The topological polar surface area (TPSA) is 68.3 Å². The minimum atomic E-state index is -4.76. The van der Waals surface area contributed by atoms with Crippen LogP contribution in [0.4, 0.5) is 0 Å². The molecule has 10 heterocycles. The second-order valence-corrected chi connectivity index (χ2v) is 38.3. The molecular weight excluding hydrogens is 350 g/mol. The van der Waals surface area contributed by atoms with Gasteiger partial charge in [-0.15, -0.1) is 0 Å². The van der Waals surface area contributed by atoms with Crippen molar-refractivity contribution in [3.63, 3.8) is 0 Å². The van der Waals surface area contributed by atoms with Crippen molar-refractivity contribution in [1.29, 1.82) is 0 Å². The third-order valence-corrected chi connectivity index (χ3v) is 78.1. The predicted molar refractivity (Wildman–Crippen MR) is 70.5 cm³/mol. The third kappa shape index (κ3) is 0.0798. The Labute approximate surface area is 112 Å². The molecule has 10 fully saturated rings. The van der Waals surface area contributed by atoms with Gasteiger partial charge < -0.3 is 0 Å². The molecule has 1 spiro atoms. The van der Waals surface area contributed by atoms with Gasteiger partial charge in [-0.3, -0.25) is 0 Å². The summed E-state index contributed by atoms with van der Waals surface area (Å²) in [5.41, 5.74) is 0. The molecule has 0 N–H and O–H groups in total. The maximum absolute atomic E-state index is 12.6. The van der Waals surface area contributed by atoms with Crippen LogP contribution in [0.15, 0.2) is 0 Å². The predicted octanol–water partition coefficient (Wildman–Crippen LogP) is 5.10. The molecule has 7 heteroatoms. The van der Waals surface area contributed by atoms with E-state index in [-0.39, 0.29) is 17.3 Å². The van der Waals surface area contributed by atoms with E-state index in [9.17, 15) is 18.3 Å². The zero-order valence-electron chi connectivity index (χ0n) is 12.2. The molecule has 8 unspecified atom stereocenters. The van der Waals surface area contributed by atoms with Gasteiger partial charge in [-0.2, -0.15) is 0 Å². The van der Waals surface area contributed by atoms with Gasteiger partial charge in [-0.05, 0) is 0 Å². The van der Waals surface area contributed by atoms with Gasteiger partial charge in [-0.25, -0.2) is 0 Å². The van der Waals surface area contributed by atoms with E-state index in [0.29, 0.717) is 19.3 Å². The van der Waals surface area contributed by atoms with Crippen molar-refractivity contribution in [2.75, 3.05) is 0 Å². The van der Waals surface area contributed by atoms with Crippen LogP contribution in [0.5, 0.6) is 0 Å². The fourth-order valence-corrected chi connectivity index (χ4v) is 134. The Morgan fingerprint density at radius 2 is 0.857 bits per heavy atom. The van der Waals surface area contributed by atoms with E-state index in [1.807, 2.05) is 0 Å². The molecule has 0 amide bonds. The summed E-state index contributed by atoms with van der Waals surface area (Å²) >= 11 is 0. The fourth-order valence-electron chi connectivity index (χ4n) is 23.1. The van der Waals surface area contributed by atoms with Crippen LogP contribution in [-0.4, -0.2) is 8.11 Å². The molecule has 0 aromatic carbocycles. The Balaban J connectivity index is 1.81. The summed E-state index contributed by atoms with van der Waals surface area (Å²) in [6.45, 7) is 4.70. The van der Waals surface area contributed by atoms with Crippen molar-refractivity contribution < 1.29 is 24.8 Å². The quantitative estimate of drug-likeness (QED) is 0.504. The molecule has 0 radical (unpaired) electrons. The van der Waals surface area contributed by atoms with Crippen LogP contribution in [0.1, 0.15) is 27.7 Å². The average molecular weight is 366 g/mol. The molecule has 0 aromatic heterocycles.